The molecule has 162 valence electrons. The van der Waals surface area contributed by atoms with E-state index in [1.54, 1.807) is 0 Å². The Balaban J connectivity index is 1.79. The summed E-state index contributed by atoms with van der Waals surface area (Å²) in [4.78, 5) is 15.7. The smallest absolute Gasteiger partial charge is 0.415 e. The first kappa shape index (κ1) is 21.9. The summed E-state index contributed by atoms with van der Waals surface area (Å²) in [6.45, 7) is 0. The lowest BCUT2D eigenvalue weighted by Gasteiger charge is -2.14. The first-order valence-electron chi connectivity index (χ1n) is 8.33. The largest absolute Gasteiger partial charge is 0.418 e. The van der Waals surface area contributed by atoms with Crippen LogP contribution in [0.2, 0.25) is 0 Å². The van der Waals surface area contributed by atoms with Crippen LogP contribution in [0.15, 0.2) is 46.0 Å². The molecule has 0 atom stereocenters. The summed E-state index contributed by atoms with van der Waals surface area (Å²) >= 11 is 0. The number of carbonyl (C=O) groups is 1. The van der Waals surface area contributed by atoms with Crippen molar-refractivity contribution in [2.75, 3.05) is 7.05 Å². The number of hydrogen-bond donors (Lipinski definition) is 0. The average Bonchev–Trinajstić information content (AvgIpc) is 3.22. The van der Waals surface area contributed by atoms with Crippen molar-refractivity contribution in [3.05, 3.63) is 65.1 Å². The molecule has 0 aliphatic heterocycles. The molecule has 3 aromatic rings. The fourth-order valence-corrected chi connectivity index (χ4v) is 2.36. The van der Waals surface area contributed by atoms with Gasteiger partial charge in [0, 0.05) is 24.4 Å². The quantitative estimate of drug-likeness (QED) is 0.333. The van der Waals surface area contributed by atoms with Crippen molar-refractivity contribution in [3.8, 4) is 11.5 Å². The van der Waals surface area contributed by atoms with Crippen molar-refractivity contribution >= 4 is 12.1 Å². The molecule has 0 unspecified atom stereocenters. The Labute approximate surface area is 170 Å². The number of hydrazone groups is 1. The summed E-state index contributed by atoms with van der Waals surface area (Å²) in [5.74, 6) is -3.30. The van der Waals surface area contributed by atoms with E-state index in [9.17, 15) is 31.1 Å². The van der Waals surface area contributed by atoms with Crippen molar-refractivity contribution in [2.24, 2.45) is 5.10 Å². The van der Waals surface area contributed by atoms with Gasteiger partial charge in [-0.15, -0.1) is 10.2 Å². The molecular weight excluding hydrogens is 432 g/mol. The van der Waals surface area contributed by atoms with Crippen molar-refractivity contribution in [1.29, 1.82) is 0 Å². The maximum absolute atomic E-state index is 14.3. The van der Waals surface area contributed by atoms with Crippen molar-refractivity contribution in [2.45, 2.75) is 12.6 Å². The van der Waals surface area contributed by atoms with Gasteiger partial charge in [0.05, 0.1) is 11.8 Å². The number of benzene rings is 1. The number of alkyl halides is 5. The Kier molecular flexibility index (Phi) is 6.04. The number of halogens is 6. The lowest BCUT2D eigenvalue weighted by molar-refractivity contribution is -0.138. The van der Waals surface area contributed by atoms with E-state index in [0.29, 0.717) is 11.1 Å². The highest BCUT2D eigenvalue weighted by molar-refractivity contribution is 5.94. The molecule has 0 aliphatic carbocycles. The molecule has 7 nitrogen and oxygen atoms in total. The third kappa shape index (κ3) is 4.87. The van der Waals surface area contributed by atoms with E-state index in [2.05, 4.69) is 20.3 Å². The molecule has 3 rings (SSSR count). The number of aromatic nitrogens is 3. The van der Waals surface area contributed by atoms with Gasteiger partial charge in [-0.1, -0.05) is 0 Å². The van der Waals surface area contributed by atoms with Gasteiger partial charge in [-0.05, 0) is 30.3 Å². The molecule has 0 spiro atoms. The van der Waals surface area contributed by atoms with E-state index in [1.165, 1.54) is 12.1 Å². The van der Waals surface area contributed by atoms with Gasteiger partial charge in [0.1, 0.15) is 11.5 Å². The predicted molar refractivity (Wildman–Crippen MR) is 93.6 cm³/mol. The second kappa shape index (κ2) is 8.53. The van der Waals surface area contributed by atoms with Crippen LogP contribution in [0.3, 0.4) is 0 Å². The van der Waals surface area contributed by atoms with Gasteiger partial charge in [-0.3, -0.25) is 9.78 Å². The third-order valence-corrected chi connectivity index (χ3v) is 3.85. The van der Waals surface area contributed by atoms with E-state index in [-0.39, 0.29) is 17.0 Å². The van der Waals surface area contributed by atoms with Gasteiger partial charge < -0.3 is 4.42 Å². The zero-order valence-corrected chi connectivity index (χ0v) is 15.4. The zero-order chi connectivity index (χ0) is 22.8. The maximum atomic E-state index is 14.3. The average molecular weight is 443 g/mol. The molecule has 2 aromatic heterocycles. The molecule has 0 aliphatic rings. The second-order valence-corrected chi connectivity index (χ2v) is 5.95. The van der Waals surface area contributed by atoms with Crippen molar-refractivity contribution in [1.82, 2.24) is 20.2 Å². The number of carbonyl (C=O) groups excluding carboxylic acids is 1. The van der Waals surface area contributed by atoms with Crippen molar-refractivity contribution in [3.63, 3.8) is 0 Å². The first-order chi connectivity index (χ1) is 14.6. The molecule has 31 heavy (non-hydrogen) atoms. The van der Waals surface area contributed by atoms with Crippen LogP contribution in [0.5, 0.6) is 0 Å². The van der Waals surface area contributed by atoms with Crippen LogP contribution in [0.4, 0.5) is 26.3 Å². The van der Waals surface area contributed by atoms with E-state index >= 15 is 0 Å². The predicted octanol–water partition coefficient (Wildman–Crippen LogP) is 4.33. The van der Waals surface area contributed by atoms with Gasteiger partial charge in [-0.2, -0.15) is 27.1 Å². The number of hydrogen-bond acceptors (Lipinski definition) is 6. The third-order valence-electron chi connectivity index (χ3n) is 3.85. The fourth-order valence-electron chi connectivity index (χ4n) is 2.36. The van der Waals surface area contributed by atoms with Crippen LogP contribution in [-0.4, -0.2) is 39.4 Å². The molecule has 13 heteroatoms. The first-order valence-corrected chi connectivity index (χ1v) is 8.33. The van der Waals surface area contributed by atoms with Crippen LogP contribution in [0, 0.1) is 5.82 Å². The van der Waals surface area contributed by atoms with E-state index in [0.717, 1.165) is 31.6 Å². The Morgan fingerprint density at radius 3 is 2.58 bits per heavy atom. The summed E-state index contributed by atoms with van der Waals surface area (Å²) in [7, 11) is 1.07. The van der Waals surface area contributed by atoms with Crippen LogP contribution in [0.1, 0.15) is 33.9 Å². The molecule has 0 N–H and O–H groups in total. The normalized spacial score (nSPS) is 12.0. The number of nitrogens with zero attached hydrogens (tertiary/aromatic N) is 5. The number of pyridine rings is 1. The number of rotatable bonds is 5. The lowest BCUT2D eigenvalue weighted by Crippen LogP contribution is -2.26. The highest BCUT2D eigenvalue weighted by Gasteiger charge is 2.36. The minimum atomic E-state index is -4.80. The standard InChI is InChI=1S/C18H11F6N5O2/c1-29(17(30)13-11(18(22,23)24)3-2-6-25-13)26-8-10-5-4-9(7-12(10)19)15-27-28-16(31-15)14(20)21/h2-8,14H,1H3/b26-8+. The molecule has 0 radical (unpaired) electrons. The van der Waals surface area contributed by atoms with Crippen LogP contribution >= 0.6 is 0 Å². The molecule has 0 bridgehead atoms. The molecule has 2 heterocycles. The minimum absolute atomic E-state index is 0.0155. The van der Waals surface area contributed by atoms with Crippen LogP contribution in [0.25, 0.3) is 11.5 Å². The minimum Gasteiger partial charge on any atom is -0.415 e. The summed E-state index contributed by atoms with van der Waals surface area (Å²) in [5.41, 5.74) is -2.23. The van der Waals surface area contributed by atoms with Gasteiger partial charge >= 0.3 is 12.6 Å². The number of amides is 1. The van der Waals surface area contributed by atoms with Gasteiger partial charge in [0.15, 0.2) is 0 Å². The van der Waals surface area contributed by atoms with Crippen molar-refractivity contribution < 1.29 is 35.6 Å². The van der Waals surface area contributed by atoms with Gasteiger partial charge in [0.25, 0.3) is 11.8 Å². The molecule has 0 fully saturated rings. The van der Waals surface area contributed by atoms with Crippen LogP contribution < -0.4 is 0 Å². The molecule has 1 amide bonds. The summed E-state index contributed by atoms with van der Waals surface area (Å²) in [6.07, 6.45) is -5.87. The maximum Gasteiger partial charge on any atom is 0.418 e. The van der Waals surface area contributed by atoms with Gasteiger partial charge in [-0.25, -0.2) is 9.40 Å². The Hall–Kier alpha value is -3.77. The van der Waals surface area contributed by atoms with E-state index < -0.39 is 41.5 Å². The molecular formula is C18H11F6N5O2. The zero-order valence-electron chi connectivity index (χ0n) is 15.4. The molecule has 0 saturated heterocycles. The highest BCUT2D eigenvalue weighted by atomic mass is 19.4. The van der Waals surface area contributed by atoms with Gasteiger partial charge in [0.2, 0.25) is 5.89 Å². The Morgan fingerprint density at radius 1 is 1.23 bits per heavy atom. The van der Waals surface area contributed by atoms with E-state index in [1.807, 2.05) is 0 Å². The Bertz CT molecular complexity index is 1130. The monoisotopic (exact) mass is 443 g/mol. The highest BCUT2D eigenvalue weighted by Crippen LogP contribution is 2.31. The molecule has 0 saturated carbocycles. The lowest BCUT2D eigenvalue weighted by atomic mass is 10.1. The van der Waals surface area contributed by atoms with Crippen LogP contribution in [-0.2, 0) is 6.18 Å². The topological polar surface area (TPSA) is 84.5 Å². The fraction of sp³-hybridized carbons (Fsp3) is 0.167. The summed E-state index contributed by atoms with van der Waals surface area (Å²) in [6, 6.07) is 5.10. The molecule has 1 aromatic carbocycles. The summed E-state index contributed by atoms with van der Waals surface area (Å²) < 4.78 is 83.2. The Morgan fingerprint density at radius 2 is 1.97 bits per heavy atom. The summed E-state index contributed by atoms with van der Waals surface area (Å²) in [5, 5.41) is 10.7. The van der Waals surface area contributed by atoms with E-state index in [4.69, 9.17) is 4.42 Å². The second-order valence-electron chi connectivity index (χ2n) is 5.95. The SMILES string of the molecule is CN(/N=C/c1ccc(-c2nnc(C(F)F)o2)cc1F)C(=O)c1ncccc1C(F)(F)F.